The van der Waals surface area contributed by atoms with Crippen LogP contribution in [0.2, 0.25) is 0 Å². The molecule has 0 spiro atoms. The van der Waals surface area contributed by atoms with Crippen LogP contribution in [0.15, 0.2) is 101 Å². The lowest BCUT2D eigenvalue weighted by molar-refractivity contribution is -0.115. The van der Waals surface area contributed by atoms with E-state index in [1.165, 1.54) is 23.1 Å². The van der Waals surface area contributed by atoms with Crippen molar-refractivity contribution in [3.8, 4) is 17.0 Å². The standard InChI is InChI=1S/C31H27N3O3S2/c1-3-37-26-14-10-22(11-15-26)28-19-38-31(33-28)34-29(35)20(2)39-27-16-12-25(13-17-27)32-30(36)24-9-8-21-6-4-5-7-23(21)18-24/h4-20H,3H2,1-2H3,(H,32,36)(H,33,34,35). The Hall–Kier alpha value is -4.14. The van der Waals surface area contributed by atoms with E-state index in [0.29, 0.717) is 23.0 Å². The molecule has 0 saturated carbocycles. The fourth-order valence-corrected chi connectivity index (χ4v) is 5.56. The predicted molar refractivity (Wildman–Crippen MR) is 161 cm³/mol. The van der Waals surface area contributed by atoms with Crippen LogP contribution in [0.5, 0.6) is 5.75 Å². The highest BCUT2D eigenvalue weighted by Crippen LogP contribution is 2.29. The molecule has 0 aliphatic heterocycles. The van der Waals surface area contributed by atoms with Gasteiger partial charge >= 0.3 is 0 Å². The van der Waals surface area contributed by atoms with Crippen molar-refractivity contribution in [2.24, 2.45) is 0 Å². The van der Waals surface area contributed by atoms with Gasteiger partial charge < -0.3 is 15.4 Å². The summed E-state index contributed by atoms with van der Waals surface area (Å²) >= 11 is 2.84. The molecule has 2 N–H and O–H groups in total. The number of amides is 2. The number of aromatic nitrogens is 1. The summed E-state index contributed by atoms with van der Waals surface area (Å²) in [5, 5.41) is 10.1. The van der Waals surface area contributed by atoms with Gasteiger partial charge in [0.1, 0.15) is 5.75 Å². The largest absolute Gasteiger partial charge is 0.494 e. The number of thiazole rings is 1. The van der Waals surface area contributed by atoms with Crippen LogP contribution in [0.3, 0.4) is 0 Å². The van der Waals surface area contributed by atoms with Crippen LogP contribution in [0.1, 0.15) is 24.2 Å². The number of thioether (sulfide) groups is 1. The molecule has 196 valence electrons. The number of hydrogen-bond acceptors (Lipinski definition) is 6. The van der Waals surface area contributed by atoms with E-state index in [-0.39, 0.29) is 17.1 Å². The Labute approximate surface area is 235 Å². The fraction of sp³-hybridized carbons (Fsp3) is 0.129. The first-order chi connectivity index (χ1) is 19.0. The number of ether oxygens (including phenoxy) is 1. The normalized spacial score (nSPS) is 11.6. The summed E-state index contributed by atoms with van der Waals surface area (Å²) in [4.78, 5) is 31.0. The first-order valence-corrected chi connectivity index (χ1v) is 14.3. The van der Waals surface area contributed by atoms with Crippen LogP contribution in [0.4, 0.5) is 10.8 Å². The van der Waals surface area contributed by atoms with Crippen molar-refractivity contribution < 1.29 is 14.3 Å². The van der Waals surface area contributed by atoms with Gasteiger partial charge in [0, 0.05) is 27.1 Å². The van der Waals surface area contributed by atoms with E-state index in [1.807, 2.05) is 110 Å². The SMILES string of the molecule is CCOc1ccc(-c2csc(NC(=O)C(C)Sc3ccc(NC(=O)c4ccc5ccccc5c4)cc3)n2)cc1. The summed E-state index contributed by atoms with van der Waals surface area (Å²) in [5.41, 5.74) is 3.06. The average molecular weight is 554 g/mol. The van der Waals surface area contributed by atoms with Gasteiger partial charge in [0.05, 0.1) is 17.6 Å². The Morgan fingerprint density at radius 3 is 2.41 bits per heavy atom. The van der Waals surface area contributed by atoms with E-state index in [1.54, 1.807) is 0 Å². The lowest BCUT2D eigenvalue weighted by atomic mass is 10.1. The van der Waals surface area contributed by atoms with Gasteiger partial charge in [-0.25, -0.2) is 4.98 Å². The molecule has 8 heteroatoms. The molecular weight excluding hydrogens is 526 g/mol. The molecule has 0 bridgehead atoms. The topological polar surface area (TPSA) is 80.3 Å². The third-order valence-electron chi connectivity index (χ3n) is 6.00. The van der Waals surface area contributed by atoms with Crippen LogP contribution >= 0.6 is 23.1 Å². The molecule has 1 atom stereocenters. The minimum atomic E-state index is -0.333. The third kappa shape index (κ3) is 6.66. The van der Waals surface area contributed by atoms with E-state index in [2.05, 4.69) is 15.6 Å². The van der Waals surface area contributed by atoms with Crippen molar-refractivity contribution in [1.82, 2.24) is 4.98 Å². The second kappa shape index (κ2) is 12.1. The Morgan fingerprint density at radius 2 is 1.67 bits per heavy atom. The fourth-order valence-electron chi connectivity index (χ4n) is 3.97. The number of fused-ring (bicyclic) bond motifs is 1. The summed E-state index contributed by atoms with van der Waals surface area (Å²) in [7, 11) is 0. The molecule has 0 fully saturated rings. The number of carbonyl (C=O) groups is 2. The number of nitrogens with zero attached hydrogens (tertiary/aromatic N) is 1. The van der Waals surface area contributed by atoms with Crippen molar-refractivity contribution >= 4 is 56.5 Å². The first-order valence-electron chi connectivity index (χ1n) is 12.5. The molecule has 5 aromatic rings. The first kappa shape index (κ1) is 26.5. The van der Waals surface area contributed by atoms with Crippen molar-refractivity contribution in [2.45, 2.75) is 24.0 Å². The van der Waals surface area contributed by atoms with Crippen molar-refractivity contribution in [2.75, 3.05) is 17.2 Å². The molecule has 0 radical (unpaired) electrons. The lowest BCUT2D eigenvalue weighted by Gasteiger charge is -2.11. The number of benzene rings is 4. The molecule has 39 heavy (non-hydrogen) atoms. The Bertz CT molecular complexity index is 1600. The average Bonchev–Trinajstić information content (AvgIpc) is 3.42. The highest BCUT2D eigenvalue weighted by molar-refractivity contribution is 8.00. The zero-order chi connectivity index (χ0) is 27.2. The van der Waals surface area contributed by atoms with E-state index in [4.69, 9.17) is 4.74 Å². The minimum absolute atomic E-state index is 0.124. The predicted octanol–water partition coefficient (Wildman–Crippen LogP) is 7.73. The highest BCUT2D eigenvalue weighted by atomic mass is 32.2. The second-order valence-corrected chi connectivity index (χ2v) is 11.1. The van der Waals surface area contributed by atoms with E-state index in [9.17, 15) is 9.59 Å². The summed E-state index contributed by atoms with van der Waals surface area (Å²) in [6.45, 7) is 4.43. The van der Waals surface area contributed by atoms with Crippen LogP contribution in [0.25, 0.3) is 22.0 Å². The van der Waals surface area contributed by atoms with Crippen LogP contribution in [0, 0.1) is 0 Å². The molecule has 0 aliphatic rings. The third-order valence-corrected chi connectivity index (χ3v) is 7.87. The maximum absolute atomic E-state index is 12.8. The van der Waals surface area contributed by atoms with Crippen LogP contribution in [-0.4, -0.2) is 28.7 Å². The maximum Gasteiger partial charge on any atom is 0.255 e. The van der Waals surface area contributed by atoms with Crippen LogP contribution < -0.4 is 15.4 Å². The van der Waals surface area contributed by atoms with Gasteiger partial charge in [-0.2, -0.15) is 0 Å². The van der Waals surface area contributed by atoms with Gasteiger partial charge in [0.2, 0.25) is 5.91 Å². The molecule has 0 saturated heterocycles. The minimum Gasteiger partial charge on any atom is -0.494 e. The summed E-state index contributed by atoms with van der Waals surface area (Å²) in [5.74, 6) is 0.527. The quantitative estimate of drug-likeness (QED) is 0.183. The Balaban J connectivity index is 1.15. The molecule has 1 aromatic heterocycles. The summed E-state index contributed by atoms with van der Waals surface area (Å²) in [6, 6.07) is 28.8. The van der Waals surface area contributed by atoms with Gasteiger partial charge in [-0.05, 0) is 85.3 Å². The molecular formula is C31H27N3O3S2. The Kier molecular flexibility index (Phi) is 8.24. The van der Waals surface area contributed by atoms with Gasteiger partial charge in [-0.1, -0.05) is 30.3 Å². The summed E-state index contributed by atoms with van der Waals surface area (Å²) in [6.07, 6.45) is 0. The molecule has 1 unspecified atom stereocenters. The Morgan fingerprint density at radius 1 is 0.923 bits per heavy atom. The lowest BCUT2D eigenvalue weighted by Crippen LogP contribution is -2.22. The molecule has 4 aromatic carbocycles. The van der Waals surface area contributed by atoms with Gasteiger partial charge in [0.25, 0.3) is 5.91 Å². The zero-order valence-corrected chi connectivity index (χ0v) is 23.1. The van der Waals surface area contributed by atoms with E-state index in [0.717, 1.165) is 32.7 Å². The van der Waals surface area contributed by atoms with Crippen LogP contribution in [-0.2, 0) is 4.79 Å². The number of carbonyl (C=O) groups excluding carboxylic acids is 2. The number of hydrogen-bond donors (Lipinski definition) is 2. The molecule has 5 rings (SSSR count). The number of rotatable bonds is 9. The van der Waals surface area contributed by atoms with Crippen molar-refractivity contribution in [3.63, 3.8) is 0 Å². The smallest absolute Gasteiger partial charge is 0.255 e. The van der Waals surface area contributed by atoms with Gasteiger partial charge in [-0.3, -0.25) is 9.59 Å². The number of nitrogens with one attached hydrogen (secondary N) is 2. The maximum atomic E-state index is 12.8. The summed E-state index contributed by atoms with van der Waals surface area (Å²) < 4.78 is 5.49. The highest BCUT2D eigenvalue weighted by Gasteiger charge is 2.17. The molecule has 0 aliphatic carbocycles. The monoisotopic (exact) mass is 553 g/mol. The molecule has 1 heterocycles. The number of anilines is 2. The zero-order valence-electron chi connectivity index (χ0n) is 21.5. The van der Waals surface area contributed by atoms with E-state index >= 15 is 0 Å². The molecule has 6 nitrogen and oxygen atoms in total. The van der Waals surface area contributed by atoms with Crippen molar-refractivity contribution in [3.05, 3.63) is 102 Å². The van der Waals surface area contributed by atoms with Crippen molar-refractivity contribution in [1.29, 1.82) is 0 Å². The van der Waals surface area contributed by atoms with E-state index < -0.39 is 0 Å². The second-order valence-electron chi connectivity index (χ2n) is 8.79. The molecule has 2 amide bonds. The van der Waals surface area contributed by atoms with Gasteiger partial charge in [-0.15, -0.1) is 23.1 Å². The van der Waals surface area contributed by atoms with Gasteiger partial charge in [0.15, 0.2) is 5.13 Å².